The average Bonchev–Trinajstić information content (AvgIpc) is 3.43. The van der Waals surface area contributed by atoms with Crippen LogP contribution in [0, 0.1) is 0 Å². The summed E-state index contributed by atoms with van der Waals surface area (Å²) in [6.45, 7) is 10.3. The SMILES string of the molecule is CC1(C)C(=CC=C2CCC(C=CC3=[N+](CCO)c4ccccc4C3(C)C)=C2Cl)N(CCO)c2ccccc21.[Br-]. The van der Waals surface area contributed by atoms with Crippen molar-refractivity contribution in [1.29, 1.82) is 0 Å². The first-order chi connectivity index (χ1) is 18.2. The van der Waals surface area contributed by atoms with Crippen molar-refractivity contribution in [3.63, 3.8) is 0 Å². The van der Waals surface area contributed by atoms with E-state index in [0.717, 1.165) is 40.4 Å². The number of fused-ring (bicyclic) bond motifs is 2. The van der Waals surface area contributed by atoms with Crippen LogP contribution in [-0.4, -0.2) is 46.8 Å². The Kier molecular flexibility index (Phi) is 8.77. The standard InChI is InChI=1S/C33H38ClN2O2.BrH/c1-32(2)25-9-5-7-11-27(25)35(19-21-37)29(32)17-15-23-13-14-24(31(23)34)16-18-30-33(3,4)26-10-6-8-12-28(26)36(30)20-22-38;/h5-12,15-18,37-38H,13-14,19-22H2,1-4H3;1H/q+1;/p-1. The van der Waals surface area contributed by atoms with Gasteiger partial charge in [-0.25, -0.2) is 0 Å². The van der Waals surface area contributed by atoms with Gasteiger partial charge in [0.1, 0.15) is 6.61 Å². The Bertz CT molecular complexity index is 1410. The molecule has 39 heavy (non-hydrogen) atoms. The van der Waals surface area contributed by atoms with Crippen molar-refractivity contribution in [3.8, 4) is 0 Å². The van der Waals surface area contributed by atoms with E-state index in [4.69, 9.17) is 11.6 Å². The van der Waals surface area contributed by atoms with Crippen LogP contribution in [0.4, 0.5) is 11.4 Å². The Morgan fingerprint density at radius 1 is 0.872 bits per heavy atom. The van der Waals surface area contributed by atoms with Crippen molar-refractivity contribution in [2.75, 3.05) is 31.2 Å². The monoisotopic (exact) mass is 608 g/mol. The maximum Gasteiger partial charge on any atom is 0.209 e. The van der Waals surface area contributed by atoms with E-state index in [2.05, 4.69) is 110 Å². The fourth-order valence-corrected chi connectivity index (χ4v) is 6.65. The Labute approximate surface area is 248 Å². The quantitative estimate of drug-likeness (QED) is 0.473. The highest BCUT2D eigenvalue weighted by molar-refractivity contribution is 6.33. The molecule has 0 aromatic heterocycles. The number of anilines is 1. The summed E-state index contributed by atoms with van der Waals surface area (Å²) < 4.78 is 2.23. The molecule has 2 N–H and O–H groups in total. The molecule has 1 aliphatic carbocycles. The summed E-state index contributed by atoms with van der Waals surface area (Å²) in [7, 11) is 0. The summed E-state index contributed by atoms with van der Waals surface area (Å²) >= 11 is 6.95. The second-order valence-corrected chi connectivity index (χ2v) is 11.7. The van der Waals surface area contributed by atoms with Gasteiger partial charge in [0.05, 0.1) is 12.0 Å². The Morgan fingerprint density at radius 3 is 2.28 bits per heavy atom. The number of nitrogens with zero attached hydrogens (tertiary/aromatic N) is 2. The van der Waals surface area contributed by atoms with Gasteiger partial charge in [0.15, 0.2) is 12.3 Å². The van der Waals surface area contributed by atoms with Gasteiger partial charge >= 0.3 is 0 Å². The number of β-amino-alcohol motifs (C(OH)–C–C–N with tert-alkyl or cyclic N) is 2. The van der Waals surface area contributed by atoms with Gasteiger partial charge < -0.3 is 32.1 Å². The molecule has 0 unspecified atom stereocenters. The number of aliphatic hydroxyl groups excluding tert-OH is 2. The summed E-state index contributed by atoms with van der Waals surface area (Å²) in [6.07, 6.45) is 10.5. The number of halogens is 2. The van der Waals surface area contributed by atoms with Gasteiger partial charge in [0.25, 0.3) is 0 Å². The number of rotatable bonds is 7. The fourth-order valence-electron chi connectivity index (χ4n) is 6.33. The number of hydrogen-bond acceptors (Lipinski definition) is 3. The predicted octanol–water partition coefficient (Wildman–Crippen LogP) is 3.50. The molecule has 0 spiro atoms. The lowest BCUT2D eigenvalue weighted by atomic mass is 9.81. The fraction of sp³-hybridized carbons (Fsp3) is 0.364. The molecule has 2 aromatic carbocycles. The largest absolute Gasteiger partial charge is 1.00 e. The minimum atomic E-state index is -0.157. The third-order valence-electron chi connectivity index (χ3n) is 8.36. The molecule has 0 saturated carbocycles. The van der Waals surface area contributed by atoms with Crippen molar-refractivity contribution in [1.82, 2.24) is 0 Å². The molecular formula is C33H38BrClN2O2. The summed E-state index contributed by atoms with van der Waals surface area (Å²) in [5.41, 5.74) is 9.20. The van der Waals surface area contributed by atoms with Crippen LogP contribution in [0.25, 0.3) is 0 Å². The molecule has 4 nitrogen and oxygen atoms in total. The van der Waals surface area contributed by atoms with Crippen LogP contribution in [0.2, 0.25) is 0 Å². The van der Waals surface area contributed by atoms with Crippen molar-refractivity contribution in [3.05, 3.63) is 106 Å². The lowest BCUT2D eigenvalue weighted by molar-refractivity contribution is -0.441. The number of allylic oxidation sites excluding steroid dienone is 8. The first kappa shape index (κ1) is 29.5. The number of aliphatic hydroxyl groups is 2. The first-order valence-electron chi connectivity index (χ1n) is 13.5. The van der Waals surface area contributed by atoms with Crippen molar-refractivity contribution >= 4 is 28.7 Å². The molecule has 2 aliphatic heterocycles. The van der Waals surface area contributed by atoms with Crippen LogP contribution >= 0.6 is 11.6 Å². The first-order valence-corrected chi connectivity index (χ1v) is 13.9. The third kappa shape index (κ3) is 5.11. The van der Waals surface area contributed by atoms with Crippen molar-refractivity contribution < 1.29 is 31.8 Å². The smallest absolute Gasteiger partial charge is 0.209 e. The molecule has 0 atom stereocenters. The summed E-state index contributed by atoms with van der Waals surface area (Å²) in [5.74, 6) is 0. The minimum absolute atomic E-state index is 0. The molecule has 5 rings (SSSR count). The number of para-hydroxylation sites is 2. The maximum absolute atomic E-state index is 9.75. The highest BCUT2D eigenvalue weighted by Crippen LogP contribution is 2.48. The zero-order valence-electron chi connectivity index (χ0n) is 23.2. The van der Waals surface area contributed by atoms with E-state index in [9.17, 15) is 10.2 Å². The highest BCUT2D eigenvalue weighted by atomic mass is 79.9. The van der Waals surface area contributed by atoms with E-state index in [0.29, 0.717) is 13.1 Å². The van der Waals surface area contributed by atoms with E-state index in [1.807, 2.05) is 0 Å². The Hall–Kier alpha value is -2.44. The van der Waals surface area contributed by atoms with E-state index in [-0.39, 0.29) is 41.0 Å². The molecule has 3 aliphatic rings. The lowest BCUT2D eigenvalue weighted by Crippen LogP contribution is -3.00. The van der Waals surface area contributed by atoms with Gasteiger partial charge in [-0.05, 0) is 55.5 Å². The average molecular weight is 610 g/mol. The molecule has 6 heteroatoms. The molecule has 0 fully saturated rings. The van der Waals surface area contributed by atoms with E-state index < -0.39 is 0 Å². The summed E-state index contributed by atoms with van der Waals surface area (Å²) in [5, 5.41) is 20.3. The molecular weight excluding hydrogens is 572 g/mol. The molecule has 0 bridgehead atoms. The van der Waals surface area contributed by atoms with Crippen LogP contribution in [0.5, 0.6) is 0 Å². The van der Waals surface area contributed by atoms with Gasteiger partial charge in [0.2, 0.25) is 5.69 Å². The molecule has 206 valence electrons. The predicted molar refractivity (Wildman–Crippen MR) is 158 cm³/mol. The van der Waals surface area contributed by atoms with E-state index in [1.165, 1.54) is 22.5 Å². The van der Waals surface area contributed by atoms with Gasteiger partial charge in [-0.15, -0.1) is 0 Å². The second kappa shape index (κ2) is 11.6. The summed E-state index contributed by atoms with van der Waals surface area (Å²) in [4.78, 5) is 2.23. The molecule has 2 heterocycles. The third-order valence-corrected chi connectivity index (χ3v) is 8.84. The normalized spacial score (nSPS) is 21.4. The van der Waals surface area contributed by atoms with E-state index >= 15 is 0 Å². The van der Waals surface area contributed by atoms with Crippen LogP contribution < -0.4 is 21.9 Å². The highest BCUT2D eigenvalue weighted by Gasteiger charge is 2.44. The van der Waals surface area contributed by atoms with Gasteiger partial charge in [0, 0.05) is 46.1 Å². The molecule has 2 aromatic rings. The van der Waals surface area contributed by atoms with Gasteiger partial charge in [-0.3, -0.25) is 0 Å². The van der Waals surface area contributed by atoms with Crippen LogP contribution in [-0.2, 0) is 10.8 Å². The Morgan fingerprint density at radius 2 is 1.56 bits per heavy atom. The van der Waals surface area contributed by atoms with Crippen molar-refractivity contribution in [2.24, 2.45) is 0 Å². The van der Waals surface area contributed by atoms with Crippen LogP contribution in [0.1, 0.15) is 51.7 Å². The van der Waals surface area contributed by atoms with Crippen molar-refractivity contribution in [2.45, 2.75) is 51.4 Å². The number of hydrogen-bond donors (Lipinski definition) is 2. The zero-order valence-corrected chi connectivity index (χ0v) is 25.6. The maximum atomic E-state index is 9.75. The zero-order chi connectivity index (χ0) is 27.1. The number of benzene rings is 2. The minimum Gasteiger partial charge on any atom is -1.00 e. The van der Waals surface area contributed by atoms with Crippen LogP contribution in [0.3, 0.4) is 0 Å². The van der Waals surface area contributed by atoms with Crippen LogP contribution in [0.15, 0.2) is 94.7 Å². The van der Waals surface area contributed by atoms with E-state index in [1.54, 1.807) is 0 Å². The van der Waals surface area contributed by atoms with Gasteiger partial charge in [-0.1, -0.05) is 74.0 Å². The topological polar surface area (TPSA) is 46.7 Å². The molecule has 0 amide bonds. The molecule has 0 radical (unpaired) electrons. The lowest BCUT2D eigenvalue weighted by Gasteiger charge is -2.26. The Balaban J connectivity index is 0.00000353. The second-order valence-electron chi connectivity index (χ2n) is 11.3. The molecule has 0 saturated heterocycles. The van der Waals surface area contributed by atoms with Gasteiger partial charge in [-0.2, -0.15) is 4.58 Å². The summed E-state index contributed by atoms with van der Waals surface area (Å²) in [6, 6.07) is 16.9.